The van der Waals surface area contributed by atoms with Crippen molar-refractivity contribution in [1.82, 2.24) is 5.32 Å². The van der Waals surface area contributed by atoms with Crippen LogP contribution in [0.2, 0.25) is 0 Å². The van der Waals surface area contributed by atoms with Gasteiger partial charge in [0.2, 0.25) is 5.91 Å². The van der Waals surface area contributed by atoms with E-state index in [2.05, 4.69) is 17.1 Å². The number of hydrogen-bond acceptors (Lipinski definition) is 6. The summed E-state index contributed by atoms with van der Waals surface area (Å²) >= 11 is 0. The summed E-state index contributed by atoms with van der Waals surface area (Å²) in [6, 6.07) is 10.4. The van der Waals surface area contributed by atoms with E-state index in [4.69, 9.17) is 0 Å². The number of nitro groups is 1. The van der Waals surface area contributed by atoms with Gasteiger partial charge in [0, 0.05) is 30.8 Å². The van der Waals surface area contributed by atoms with Gasteiger partial charge in [-0.05, 0) is 49.1 Å². The Bertz CT molecular complexity index is 1200. The Morgan fingerprint density at radius 3 is 2.54 bits per heavy atom. The minimum Gasteiger partial charge on any atom is -0.367 e. The fourth-order valence-electron chi connectivity index (χ4n) is 5.34. The molecule has 9 nitrogen and oxygen atoms in total. The quantitative estimate of drug-likeness (QED) is 0.356. The molecule has 1 spiro atoms. The average Bonchev–Trinajstić information content (AvgIpc) is 2.82. The van der Waals surface area contributed by atoms with Crippen LogP contribution in [0.15, 0.2) is 42.5 Å². The molecule has 0 saturated carbocycles. The molecule has 4 amide bonds. The topological polar surface area (TPSA) is 113 Å². The Kier molecular flexibility index (Phi) is 6.60. The van der Waals surface area contributed by atoms with Crippen molar-refractivity contribution in [2.75, 3.05) is 16.3 Å². The van der Waals surface area contributed by atoms with Gasteiger partial charge >= 0.3 is 6.03 Å². The van der Waals surface area contributed by atoms with Gasteiger partial charge in [-0.25, -0.2) is 9.69 Å². The van der Waals surface area contributed by atoms with Crippen LogP contribution < -0.4 is 15.1 Å². The zero-order valence-electron chi connectivity index (χ0n) is 20.2. The molecule has 2 aliphatic heterocycles. The number of unbranched alkanes of at least 4 members (excludes halogenated alkanes) is 1. The lowest BCUT2D eigenvalue weighted by molar-refractivity contribution is -0.384. The molecule has 2 aromatic rings. The molecule has 0 aromatic heterocycles. The molecule has 2 aliphatic rings. The van der Waals surface area contributed by atoms with E-state index in [-0.39, 0.29) is 12.1 Å². The maximum atomic E-state index is 14.3. The highest BCUT2D eigenvalue weighted by Gasteiger charge is 2.62. The summed E-state index contributed by atoms with van der Waals surface area (Å²) in [6.07, 6.45) is 2.98. The molecule has 0 bridgehead atoms. The van der Waals surface area contributed by atoms with Crippen LogP contribution in [-0.4, -0.2) is 35.4 Å². The molecule has 2 atom stereocenters. The van der Waals surface area contributed by atoms with Gasteiger partial charge < -0.3 is 4.90 Å². The second-order valence-electron chi connectivity index (χ2n) is 9.31. The molecule has 35 heavy (non-hydrogen) atoms. The van der Waals surface area contributed by atoms with Crippen LogP contribution >= 0.6 is 0 Å². The van der Waals surface area contributed by atoms with E-state index in [1.165, 1.54) is 12.1 Å². The number of urea groups is 1. The predicted octanol–water partition coefficient (Wildman–Crippen LogP) is 4.50. The first-order valence-electron chi connectivity index (χ1n) is 12.0. The number of barbiturate groups is 1. The van der Waals surface area contributed by atoms with Gasteiger partial charge in [0.25, 0.3) is 11.6 Å². The number of nitro benzene ring substituents is 1. The number of aryl methyl sites for hydroxylation is 1. The van der Waals surface area contributed by atoms with Crippen LogP contribution in [0.4, 0.5) is 21.9 Å². The van der Waals surface area contributed by atoms with Crippen molar-refractivity contribution >= 4 is 34.9 Å². The van der Waals surface area contributed by atoms with Crippen molar-refractivity contribution in [3.63, 3.8) is 0 Å². The molecule has 9 heteroatoms. The summed E-state index contributed by atoms with van der Waals surface area (Å²) in [7, 11) is 0. The van der Waals surface area contributed by atoms with Crippen molar-refractivity contribution in [2.24, 2.45) is 5.41 Å². The van der Waals surface area contributed by atoms with E-state index in [9.17, 15) is 24.5 Å². The third kappa shape index (κ3) is 4.05. The van der Waals surface area contributed by atoms with Crippen LogP contribution in [0, 0.1) is 22.5 Å². The summed E-state index contributed by atoms with van der Waals surface area (Å²) in [5, 5.41) is 13.9. The highest BCUT2D eigenvalue weighted by atomic mass is 16.6. The molecule has 2 aromatic carbocycles. The van der Waals surface area contributed by atoms with E-state index in [0.29, 0.717) is 24.2 Å². The highest BCUT2D eigenvalue weighted by molar-refractivity contribution is 6.30. The van der Waals surface area contributed by atoms with E-state index < -0.39 is 34.2 Å². The van der Waals surface area contributed by atoms with Gasteiger partial charge in [0.1, 0.15) is 0 Å². The van der Waals surface area contributed by atoms with E-state index in [0.717, 1.165) is 35.4 Å². The van der Waals surface area contributed by atoms with Gasteiger partial charge in [-0.1, -0.05) is 38.8 Å². The largest absolute Gasteiger partial charge is 0.367 e. The fourth-order valence-corrected chi connectivity index (χ4v) is 5.34. The van der Waals surface area contributed by atoms with Gasteiger partial charge in [-0.2, -0.15) is 0 Å². The van der Waals surface area contributed by atoms with Crippen molar-refractivity contribution < 1.29 is 19.3 Å². The number of rotatable bonds is 7. The third-order valence-electron chi connectivity index (χ3n) is 6.99. The molecule has 0 radical (unpaired) electrons. The molecule has 2 heterocycles. The van der Waals surface area contributed by atoms with Crippen molar-refractivity contribution in [3.05, 3.63) is 63.7 Å². The molecule has 184 valence electrons. The zero-order valence-corrected chi connectivity index (χ0v) is 20.2. The van der Waals surface area contributed by atoms with E-state index in [1.54, 1.807) is 24.3 Å². The second-order valence-corrected chi connectivity index (χ2v) is 9.31. The Hall–Kier alpha value is -3.75. The Balaban J connectivity index is 1.92. The average molecular weight is 479 g/mol. The SMILES string of the molecule is CCCCN1c2ccc([N+](=O)[O-])cc2C[C@]2(C(=O)NC(=O)N(c3cccc(C)c3)C2=O)[C@@H]1CCC. The predicted molar refractivity (Wildman–Crippen MR) is 132 cm³/mol. The minimum atomic E-state index is -1.59. The lowest BCUT2D eigenvalue weighted by atomic mass is 9.67. The number of amides is 4. The van der Waals surface area contributed by atoms with Gasteiger partial charge in [-0.3, -0.25) is 25.0 Å². The molecule has 0 aliphatic carbocycles. The number of carbonyl (C=O) groups is 3. The summed E-state index contributed by atoms with van der Waals surface area (Å²) in [4.78, 5) is 54.9. The first kappa shape index (κ1) is 24.4. The standard InChI is InChI=1S/C26H30N4O5/c1-4-6-13-28-21-12-11-20(30(34)35)15-18(21)16-26(22(28)8-5-2)23(31)27-25(33)29(24(26)32)19-10-7-9-17(3)14-19/h7,9-12,14-15,22H,4-6,8,13,16H2,1-3H3,(H,27,31,33)/t22-,26+/m0/s1. The lowest BCUT2D eigenvalue weighted by Gasteiger charge is -2.52. The maximum Gasteiger partial charge on any atom is 0.335 e. The summed E-state index contributed by atoms with van der Waals surface area (Å²) in [5.74, 6) is -1.23. The molecular formula is C26H30N4O5. The summed E-state index contributed by atoms with van der Waals surface area (Å²) in [5.41, 5.74) is 0.924. The molecule has 1 fully saturated rings. The number of nitrogens with one attached hydrogen (secondary N) is 1. The number of non-ortho nitro benzene ring substituents is 1. The highest BCUT2D eigenvalue weighted by Crippen LogP contribution is 2.47. The maximum absolute atomic E-state index is 14.3. The molecular weight excluding hydrogens is 448 g/mol. The van der Waals surface area contributed by atoms with E-state index in [1.807, 2.05) is 19.9 Å². The number of nitrogens with zero attached hydrogens (tertiary/aromatic N) is 3. The minimum absolute atomic E-state index is 0.0163. The lowest BCUT2D eigenvalue weighted by Crippen LogP contribution is -2.72. The van der Waals surface area contributed by atoms with Crippen LogP contribution in [0.25, 0.3) is 0 Å². The number of benzene rings is 2. The van der Waals surface area contributed by atoms with Gasteiger partial charge in [0.15, 0.2) is 5.41 Å². The van der Waals surface area contributed by atoms with Gasteiger partial charge in [0.05, 0.1) is 16.7 Å². The summed E-state index contributed by atoms with van der Waals surface area (Å²) < 4.78 is 0. The normalized spacial score (nSPS) is 21.8. The molecule has 0 unspecified atom stereocenters. The monoisotopic (exact) mass is 478 g/mol. The first-order chi connectivity index (χ1) is 16.7. The van der Waals surface area contributed by atoms with Gasteiger partial charge in [-0.15, -0.1) is 0 Å². The molecule has 4 rings (SSSR count). The molecule has 1 saturated heterocycles. The Morgan fingerprint density at radius 1 is 1.11 bits per heavy atom. The molecule has 1 N–H and O–H groups in total. The van der Waals surface area contributed by atoms with Crippen molar-refractivity contribution in [2.45, 2.75) is 58.9 Å². The van der Waals surface area contributed by atoms with Crippen LogP contribution in [0.5, 0.6) is 0 Å². The van der Waals surface area contributed by atoms with Crippen LogP contribution in [-0.2, 0) is 16.0 Å². The number of imide groups is 2. The first-order valence-corrected chi connectivity index (χ1v) is 12.0. The number of anilines is 2. The second kappa shape index (κ2) is 9.48. The van der Waals surface area contributed by atoms with Crippen molar-refractivity contribution in [3.8, 4) is 0 Å². The van der Waals surface area contributed by atoms with Crippen LogP contribution in [0.3, 0.4) is 0 Å². The number of hydrogen-bond donors (Lipinski definition) is 1. The number of fused-ring (bicyclic) bond motifs is 1. The zero-order chi connectivity index (χ0) is 25.3. The Morgan fingerprint density at radius 2 is 1.89 bits per heavy atom. The fraction of sp³-hybridized carbons (Fsp3) is 0.423. The summed E-state index contributed by atoms with van der Waals surface area (Å²) in [6.45, 7) is 6.50. The van der Waals surface area contributed by atoms with Crippen LogP contribution in [0.1, 0.15) is 50.7 Å². The van der Waals surface area contributed by atoms with Crippen molar-refractivity contribution in [1.29, 1.82) is 0 Å². The smallest absolute Gasteiger partial charge is 0.335 e. The number of carbonyl (C=O) groups excluding carboxylic acids is 3. The third-order valence-corrected chi connectivity index (χ3v) is 6.99. The Labute approximate surface area is 204 Å². The van der Waals surface area contributed by atoms with E-state index >= 15 is 0 Å².